The van der Waals surface area contributed by atoms with E-state index < -0.39 is 5.54 Å². The summed E-state index contributed by atoms with van der Waals surface area (Å²) in [6.07, 6.45) is 5.33. The molecule has 0 bridgehead atoms. The van der Waals surface area contributed by atoms with E-state index in [1.807, 2.05) is 58.2 Å². The number of fused-ring (bicyclic) bond motifs is 3. The maximum Gasteiger partial charge on any atom is 0.271 e. The van der Waals surface area contributed by atoms with Gasteiger partial charge >= 0.3 is 0 Å². The number of rotatable bonds is 4. The number of hydrogen-bond acceptors (Lipinski definition) is 3. The molecular weight excluding hydrogens is 430 g/mol. The fraction of sp³-hybridized carbons (Fsp3) is 0.417. The van der Waals surface area contributed by atoms with Crippen molar-refractivity contribution in [3.63, 3.8) is 0 Å². The zero-order valence-corrected chi connectivity index (χ0v) is 19.1. The van der Waals surface area contributed by atoms with Gasteiger partial charge in [-0.1, -0.05) is 43.0 Å². The van der Waals surface area contributed by atoms with Crippen LogP contribution in [0.25, 0.3) is 10.2 Å². The van der Waals surface area contributed by atoms with Crippen molar-refractivity contribution < 1.29 is 9.59 Å². The van der Waals surface area contributed by atoms with E-state index in [0.29, 0.717) is 23.8 Å². The number of amides is 2. The van der Waals surface area contributed by atoms with Gasteiger partial charge in [0.25, 0.3) is 5.91 Å². The number of thiophene rings is 1. The number of nitrogens with one attached hydrogen (secondary N) is 1. The molecule has 1 aliphatic carbocycles. The Morgan fingerprint density at radius 1 is 1.19 bits per heavy atom. The number of halogens is 1. The SMILES string of the molecule is CC1(C(=O)NCc2ccc(Cl)cc2)Cn2c(cc3ccsc32)C(=O)N1C1CCCCC1. The summed E-state index contributed by atoms with van der Waals surface area (Å²) >= 11 is 7.60. The van der Waals surface area contributed by atoms with Gasteiger partial charge in [-0.2, -0.15) is 0 Å². The van der Waals surface area contributed by atoms with Crippen molar-refractivity contribution >= 4 is 45.0 Å². The van der Waals surface area contributed by atoms with E-state index in [9.17, 15) is 9.59 Å². The first-order chi connectivity index (χ1) is 15.0. The third-order valence-electron chi connectivity index (χ3n) is 6.73. The topological polar surface area (TPSA) is 54.3 Å². The Balaban J connectivity index is 1.49. The molecule has 1 atom stereocenters. The van der Waals surface area contributed by atoms with Crippen molar-refractivity contribution in [2.75, 3.05) is 0 Å². The van der Waals surface area contributed by atoms with E-state index in [1.165, 1.54) is 6.42 Å². The molecule has 0 radical (unpaired) electrons. The van der Waals surface area contributed by atoms with Crippen LogP contribution in [0.3, 0.4) is 0 Å². The van der Waals surface area contributed by atoms with Crippen molar-refractivity contribution in [2.45, 2.75) is 63.7 Å². The molecule has 5 rings (SSSR count). The lowest BCUT2D eigenvalue weighted by Crippen LogP contribution is -2.66. The van der Waals surface area contributed by atoms with Gasteiger partial charge in [-0.05, 0) is 55.0 Å². The second-order valence-corrected chi connectivity index (χ2v) is 10.2. The first-order valence-electron chi connectivity index (χ1n) is 10.9. The molecule has 2 aromatic heterocycles. The molecule has 1 N–H and O–H groups in total. The van der Waals surface area contributed by atoms with Gasteiger partial charge < -0.3 is 14.8 Å². The Kier molecular flexibility index (Phi) is 5.30. The van der Waals surface area contributed by atoms with E-state index >= 15 is 0 Å². The molecule has 1 fully saturated rings. The number of carbonyl (C=O) groups is 2. The Hall–Kier alpha value is -2.31. The van der Waals surface area contributed by atoms with E-state index in [0.717, 1.165) is 41.5 Å². The van der Waals surface area contributed by atoms with Crippen LogP contribution in [-0.4, -0.2) is 32.9 Å². The van der Waals surface area contributed by atoms with Gasteiger partial charge in [0.15, 0.2) is 0 Å². The van der Waals surface area contributed by atoms with Crippen LogP contribution < -0.4 is 5.32 Å². The van der Waals surface area contributed by atoms with Gasteiger partial charge in [0.05, 0.1) is 6.54 Å². The standard InChI is InChI=1S/C24H26ClN3O2S/c1-24(23(30)26-14-16-7-9-18(25)10-8-16)15-27-20(13-17-11-12-31-22(17)27)21(29)28(24)19-5-3-2-4-6-19/h7-13,19H,2-6,14-15H2,1H3,(H,26,30). The number of hydrogen-bond donors (Lipinski definition) is 1. The average Bonchev–Trinajstić information content (AvgIpc) is 3.36. The van der Waals surface area contributed by atoms with Crippen molar-refractivity contribution in [2.24, 2.45) is 0 Å². The molecule has 31 heavy (non-hydrogen) atoms. The fourth-order valence-electron chi connectivity index (χ4n) is 5.11. The second-order valence-electron chi connectivity index (χ2n) is 8.85. The molecule has 3 heterocycles. The van der Waals surface area contributed by atoms with Crippen LogP contribution in [0.4, 0.5) is 0 Å². The van der Waals surface area contributed by atoms with E-state index in [-0.39, 0.29) is 17.9 Å². The molecular formula is C24H26ClN3O2S. The first kappa shape index (κ1) is 20.6. The highest BCUT2D eigenvalue weighted by Gasteiger charge is 2.50. The number of aromatic nitrogens is 1. The van der Waals surface area contributed by atoms with Gasteiger partial charge in [0.2, 0.25) is 5.91 Å². The molecule has 5 nitrogen and oxygen atoms in total. The van der Waals surface area contributed by atoms with Gasteiger partial charge in [0.1, 0.15) is 16.1 Å². The van der Waals surface area contributed by atoms with E-state index in [1.54, 1.807) is 11.3 Å². The quantitative estimate of drug-likeness (QED) is 0.586. The highest BCUT2D eigenvalue weighted by Crippen LogP contribution is 2.38. The van der Waals surface area contributed by atoms with Gasteiger partial charge in [-0.3, -0.25) is 9.59 Å². The van der Waals surface area contributed by atoms with Crippen molar-refractivity contribution in [3.05, 3.63) is 58.1 Å². The highest BCUT2D eigenvalue weighted by atomic mass is 35.5. The highest BCUT2D eigenvalue weighted by molar-refractivity contribution is 7.16. The molecule has 1 aliphatic heterocycles. The Labute approximate surface area is 191 Å². The Morgan fingerprint density at radius 2 is 1.94 bits per heavy atom. The Bertz CT molecular complexity index is 1130. The minimum absolute atomic E-state index is 0.0225. The normalized spacial score (nSPS) is 22.0. The molecule has 2 aliphatic rings. The van der Waals surface area contributed by atoms with Crippen LogP contribution in [0.1, 0.15) is 55.1 Å². The number of benzene rings is 1. The molecule has 1 saturated carbocycles. The summed E-state index contributed by atoms with van der Waals surface area (Å²) in [5, 5.41) is 6.87. The fourth-order valence-corrected chi connectivity index (χ4v) is 6.13. The zero-order chi connectivity index (χ0) is 21.6. The molecule has 7 heteroatoms. The summed E-state index contributed by atoms with van der Waals surface area (Å²) in [6, 6.07) is 11.6. The molecule has 0 spiro atoms. The third-order valence-corrected chi connectivity index (χ3v) is 7.94. The second kappa shape index (κ2) is 7.99. The lowest BCUT2D eigenvalue weighted by Gasteiger charge is -2.48. The summed E-state index contributed by atoms with van der Waals surface area (Å²) in [7, 11) is 0. The van der Waals surface area contributed by atoms with Crippen LogP contribution in [0.15, 0.2) is 41.8 Å². The Morgan fingerprint density at radius 3 is 2.68 bits per heavy atom. The maximum absolute atomic E-state index is 13.7. The molecule has 162 valence electrons. The smallest absolute Gasteiger partial charge is 0.271 e. The summed E-state index contributed by atoms with van der Waals surface area (Å²) in [6.45, 7) is 2.81. The summed E-state index contributed by atoms with van der Waals surface area (Å²) in [5.74, 6) is -0.129. The van der Waals surface area contributed by atoms with Crippen LogP contribution in [0, 0.1) is 0 Å². The average molecular weight is 456 g/mol. The molecule has 2 amide bonds. The van der Waals surface area contributed by atoms with Crippen molar-refractivity contribution in [1.82, 2.24) is 14.8 Å². The predicted octanol–water partition coefficient (Wildman–Crippen LogP) is 5.22. The lowest BCUT2D eigenvalue weighted by molar-refractivity contribution is -0.134. The molecule has 1 aromatic carbocycles. The number of carbonyl (C=O) groups excluding carboxylic acids is 2. The zero-order valence-electron chi connectivity index (χ0n) is 17.6. The minimum Gasteiger partial charge on any atom is -0.350 e. The molecule has 1 unspecified atom stereocenters. The van der Waals surface area contributed by atoms with Crippen LogP contribution in [0.5, 0.6) is 0 Å². The van der Waals surface area contributed by atoms with Gasteiger partial charge in [-0.15, -0.1) is 11.3 Å². The van der Waals surface area contributed by atoms with Crippen LogP contribution >= 0.6 is 22.9 Å². The summed E-state index contributed by atoms with van der Waals surface area (Å²) < 4.78 is 2.05. The van der Waals surface area contributed by atoms with E-state index in [4.69, 9.17) is 11.6 Å². The minimum atomic E-state index is -0.936. The number of nitrogens with zero attached hydrogens (tertiary/aromatic N) is 2. The van der Waals surface area contributed by atoms with Crippen LogP contribution in [-0.2, 0) is 17.9 Å². The predicted molar refractivity (Wildman–Crippen MR) is 125 cm³/mol. The van der Waals surface area contributed by atoms with Gasteiger partial charge in [0, 0.05) is 23.0 Å². The lowest BCUT2D eigenvalue weighted by atomic mass is 9.86. The monoisotopic (exact) mass is 455 g/mol. The summed E-state index contributed by atoms with van der Waals surface area (Å²) in [4.78, 5) is 30.3. The first-order valence-corrected chi connectivity index (χ1v) is 12.2. The molecule has 3 aromatic rings. The summed E-state index contributed by atoms with van der Waals surface area (Å²) in [5.41, 5.74) is 0.750. The molecule has 0 saturated heterocycles. The van der Waals surface area contributed by atoms with Crippen molar-refractivity contribution in [1.29, 1.82) is 0 Å². The largest absolute Gasteiger partial charge is 0.350 e. The van der Waals surface area contributed by atoms with E-state index in [2.05, 4.69) is 5.32 Å². The van der Waals surface area contributed by atoms with Crippen LogP contribution in [0.2, 0.25) is 5.02 Å². The van der Waals surface area contributed by atoms with Crippen molar-refractivity contribution in [3.8, 4) is 0 Å². The van der Waals surface area contributed by atoms with Gasteiger partial charge in [-0.25, -0.2) is 0 Å². The third kappa shape index (κ3) is 3.56. The maximum atomic E-state index is 13.7.